The van der Waals surface area contributed by atoms with Crippen molar-refractivity contribution in [2.45, 2.75) is 0 Å². The first-order chi connectivity index (χ1) is 11.9. The highest BCUT2D eigenvalue weighted by atomic mass is 15.0. The SMILES string of the molecule is c1ccc(-n2c3ccccc3c3c(-n4cccc4)cccc32)cc1. The van der Waals surface area contributed by atoms with Crippen molar-refractivity contribution >= 4 is 21.8 Å². The number of para-hydroxylation sites is 2. The molecule has 0 N–H and O–H groups in total. The fraction of sp³-hybridized carbons (Fsp3) is 0. The van der Waals surface area contributed by atoms with E-state index in [1.165, 1.54) is 33.2 Å². The van der Waals surface area contributed by atoms with E-state index in [9.17, 15) is 0 Å². The maximum absolute atomic E-state index is 2.34. The van der Waals surface area contributed by atoms with Crippen LogP contribution in [0.4, 0.5) is 0 Å². The van der Waals surface area contributed by atoms with Gasteiger partial charge < -0.3 is 9.13 Å². The van der Waals surface area contributed by atoms with Crippen molar-refractivity contribution < 1.29 is 0 Å². The van der Waals surface area contributed by atoms with Gasteiger partial charge in [-0.25, -0.2) is 0 Å². The molecule has 0 unspecified atom stereocenters. The van der Waals surface area contributed by atoms with Crippen LogP contribution in [0.15, 0.2) is 97.3 Å². The molecule has 0 aliphatic rings. The third-order valence-corrected chi connectivity index (χ3v) is 4.57. The molecule has 2 heterocycles. The molecule has 2 heteroatoms. The zero-order valence-corrected chi connectivity index (χ0v) is 13.1. The summed E-state index contributed by atoms with van der Waals surface area (Å²) in [5.74, 6) is 0. The van der Waals surface area contributed by atoms with Gasteiger partial charge in [-0.15, -0.1) is 0 Å². The predicted octanol–water partition coefficient (Wildman–Crippen LogP) is 5.57. The van der Waals surface area contributed by atoms with Gasteiger partial charge in [0, 0.05) is 28.9 Å². The normalized spacial score (nSPS) is 11.3. The third-order valence-electron chi connectivity index (χ3n) is 4.57. The number of hydrogen-bond donors (Lipinski definition) is 0. The van der Waals surface area contributed by atoms with E-state index >= 15 is 0 Å². The van der Waals surface area contributed by atoms with Gasteiger partial charge in [-0.1, -0.05) is 42.5 Å². The number of nitrogens with zero attached hydrogens (tertiary/aromatic N) is 2. The zero-order chi connectivity index (χ0) is 15.9. The van der Waals surface area contributed by atoms with Crippen molar-refractivity contribution in [1.82, 2.24) is 9.13 Å². The molecule has 24 heavy (non-hydrogen) atoms. The van der Waals surface area contributed by atoms with Gasteiger partial charge in [-0.05, 0) is 42.5 Å². The van der Waals surface area contributed by atoms with E-state index in [4.69, 9.17) is 0 Å². The average molecular weight is 308 g/mol. The number of aromatic nitrogens is 2. The molecule has 114 valence electrons. The van der Waals surface area contributed by atoms with Gasteiger partial charge in [0.05, 0.1) is 16.7 Å². The zero-order valence-electron chi connectivity index (χ0n) is 13.1. The number of fused-ring (bicyclic) bond motifs is 3. The molecule has 0 spiro atoms. The van der Waals surface area contributed by atoms with Gasteiger partial charge in [-0.3, -0.25) is 0 Å². The van der Waals surface area contributed by atoms with E-state index in [-0.39, 0.29) is 0 Å². The highest BCUT2D eigenvalue weighted by molar-refractivity contribution is 6.13. The standard InChI is InChI=1S/C22H16N2/c1-2-9-17(10-3-1)24-19-12-5-4-11-18(19)22-20(13-8-14-21(22)24)23-15-6-7-16-23/h1-16H. The molecule has 2 aromatic heterocycles. The second-order valence-corrected chi connectivity index (χ2v) is 5.95. The summed E-state index contributed by atoms with van der Waals surface area (Å²) < 4.78 is 4.53. The fourth-order valence-corrected chi connectivity index (χ4v) is 3.57. The van der Waals surface area contributed by atoms with E-state index in [0.29, 0.717) is 0 Å². The van der Waals surface area contributed by atoms with E-state index < -0.39 is 0 Å². The van der Waals surface area contributed by atoms with Crippen molar-refractivity contribution in [1.29, 1.82) is 0 Å². The van der Waals surface area contributed by atoms with E-state index in [0.717, 1.165) is 0 Å². The smallest absolute Gasteiger partial charge is 0.0562 e. The van der Waals surface area contributed by atoms with E-state index in [1.54, 1.807) is 0 Å². The molecule has 0 saturated heterocycles. The van der Waals surface area contributed by atoms with Crippen LogP contribution in [0.3, 0.4) is 0 Å². The molecule has 0 bridgehead atoms. The van der Waals surface area contributed by atoms with Gasteiger partial charge in [-0.2, -0.15) is 0 Å². The molecule has 0 fully saturated rings. The van der Waals surface area contributed by atoms with E-state index in [2.05, 4.69) is 106 Å². The van der Waals surface area contributed by atoms with Crippen LogP contribution in [0.5, 0.6) is 0 Å². The van der Waals surface area contributed by atoms with Crippen molar-refractivity contribution in [3.05, 3.63) is 97.3 Å². The minimum absolute atomic E-state index is 1.19. The van der Waals surface area contributed by atoms with Crippen LogP contribution in [0.1, 0.15) is 0 Å². The second kappa shape index (κ2) is 5.14. The number of rotatable bonds is 2. The minimum atomic E-state index is 1.19. The highest BCUT2D eigenvalue weighted by Crippen LogP contribution is 2.35. The Labute approximate surface area is 140 Å². The lowest BCUT2D eigenvalue weighted by Crippen LogP contribution is -1.94. The van der Waals surface area contributed by atoms with Crippen LogP contribution in [0.2, 0.25) is 0 Å². The Morgan fingerprint density at radius 1 is 0.542 bits per heavy atom. The van der Waals surface area contributed by atoms with Crippen LogP contribution in [-0.2, 0) is 0 Å². The number of hydrogen-bond acceptors (Lipinski definition) is 0. The molecule has 5 aromatic rings. The van der Waals surface area contributed by atoms with Crippen LogP contribution >= 0.6 is 0 Å². The van der Waals surface area contributed by atoms with Gasteiger partial charge in [0.2, 0.25) is 0 Å². The Bertz CT molecular complexity index is 1130. The first kappa shape index (κ1) is 13.2. The summed E-state index contributed by atoms with van der Waals surface area (Å²) in [6, 6.07) is 29.8. The van der Waals surface area contributed by atoms with Crippen LogP contribution < -0.4 is 0 Å². The topological polar surface area (TPSA) is 9.86 Å². The molecule has 0 amide bonds. The van der Waals surface area contributed by atoms with Crippen LogP contribution in [-0.4, -0.2) is 9.13 Å². The first-order valence-electron chi connectivity index (χ1n) is 8.14. The molecule has 5 rings (SSSR count). The Kier molecular flexibility index (Phi) is 2.83. The fourth-order valence-electron chi connectivity index (χ4n) is 3.57. The Morgan fingerprint density at radius 2 is 1.25 bits per heavy atom. The summed E-state index contributed by atoms with van der Waals surface area (Å²) in [6.45, 7) is 0. The molecule has 3 aromatic carbocycles. The lowest BCUT2D eigenvalue weighted by atomic mass is 10.1. The third kappa shape index (κ3) is 1.83. The molecular weight excluding hydrogens is 292 g/mol. The van der Waals surface area contributed by atoms with Crippen molar-refractivity contribution in [3.8, 4) is 11.4 Å². The molecule has 2 nitrogen and oxygen atoms in total. The summed E-state index contributed by atoms with van der Waals surface area (Å²) >= 11 is 0. The Balaban J connectivity index is 1.98. The quantitative estimate of drug-likeness (QED) is 0.403. The average Bonchev–Trinajstić information content (AvgIpc) is 3.28. The Hall–Kier alpha value is -3.26. The monoisotopic (exact) mass is 308 g/mol. The summed E-state index contributed by atoms with van der Waals surface area (Å²) in [5, 5.41) is 2.56. The second-order valence-electron chi connectivity index (χ2n) is 5.95. The summed E-state index contributed by atoms with van der Waals surface area (Å²) in [6.07, 6.45) is 4.20. The maximum atomic E-state index is 2.34. The summed E-state index contributed by atoms with van der Waals surface area (Å²) in [5.41, 5.74) is 4.86. The van der Waals surface area contributed by atoms with Crippen molar-refractivity contribution in [2.75, 3.05) is 0 Å². The summed E-state index contributed by atoms with van der Waals surface area (Å²) in [4.78, 5) is 0. The van der Waals surface area contributed by atoms with Crippen molar-refractivity contribution in [3.63, 3.8) is 0 Å². The van der Waals surface area contributed by atoms with Gasteiger partial charge in [0.1, 0.15) is 0 Å². The molecule has 0 aliphatic heterocycles. The lowest BCUT2D eigenvalue weighted by Gasteiger charge is -2.08. The van der Waals surface area contributed by atoms with Crippen LogP contribution in [0, 0.1) is 0 Å². The van der Waals surface area contributed by atoms with Crippen LogP contribution in [0.25, 0.3) is 33.2 Å². The van der Waals surface area contributed by atoms with Gasteiger partial charge in [0.25, 0.3) is 0 Å². The molecule has 0 atom stereocenters. The maximum Gasteiger partial charge on any atom is 0.0562 e. The minimum Gasteiger partial charge on any atom is -0.323 e. The van der Waals surface area contributed by atoms with Gasteiger partial charge in [0.15, 0.2) is 0 Å². The largest absolute Gasteiger partial charge is 0.323 e. The Morgan fingerprint density at radius 3 is 2.08 bits per heavy atom. The molecule has 0 radical (unpaired) electrons. The number of benzene rings is 3. The van der Waals surface area contributed by atoms with E-state index in [1.807, 2.05) is 0 Å². The first-order valence-corrected chi connectivity index (χ1v) is 8.14. The molecule has 0 saturated carbocycles. The van der Waals surface area contributed by atoms with Crippen molar-refractivity contribution in [2.24, 2.45) is 0 Å². The summed E-state index contributed by atoms with van der Waals surface area (Å²) in [7, 11) is 0. The van der Waals surface area contributed by atoms with Gasteiger partial charge >= 0.3 is 0 Å². The lowest BCUT2D eigenvalue weighted by molar-refractivity contribution is 1.09. The predicted molar refractivity (Wildman–Crippen MR) is 100 cm³/mol. The molecular formula is C22H16N2. The molecule has 0 aliphatic carbocycles. The highest BCUT2D eigenvalue weighted by Gasteiger charge is 2.14.